The summed E-state index contributed by atoms with van der Waals surface area (Å²) in [5.41, 5.74) is 1.21. The molecule has 0 saturated carbocycles. The van der Waals surface area contributed by atoms with E-state index in [1.807, 2.05) is 0 Å². The number of benzene rings is 1. The first-order chi connectivity index (χ1) is 10.6. The molecular weight excluding hydrogens is 284 g/mol. The molecule has 1 aromatic carbocycles. The Hall–Kier alpha value is -2.89. The average molecular weight is 300 g/mol. The number of amides is 1. The molecule has 0 aliphatic rings. The van der Waals surface area contributed by atoms with Gasteiger partial charge >= 0.3 is 5.97 Å². The Balaban J connectivity index is 2.11. The highest BCUT2D eigenvalue weighted by Crippen LogP contribution is 2.12. The molecule has 1 amide bonds. The maximum atomic E-state index is 12.1. The zero-order valence-corrected chi connectivity index (χ0v) is 12.0. The summed E-state index contributed by atoms with van der Waals surface area (Å²) in [4.78, 5) is 27.8. The van der Waals surface area contributed by atoms with Crippen molar-refractivity contribution in [2.45, 2.75) is 12.5 Å². The molecule has 0 aliphatic heterocycles. The van der Waals surface area contributed by atoms with Crippen LogP contribution in [0.1, 0.15) is 15.9 Å². The molecule has 0 saturated heterocycles. The van der Waals surface area contributed by atoms with Crippen LogP contribution in [-0.2, 0) is 16.0 Å². The molecule has 0 bridgehead atoms. The summed E-state index contributed by atoms with van der Waals surface area (Å²) >= 11 is 0. The second-order valence-electron chi connectivity index (χ2n) is 4.66. The predicted octanol–water partition coefficient (Wildman–Crippen LogP) is 1.30. The van der Waals surface area contributed by atoms with Gasteiger partial charge in [0.1, 0.15) is 11.8 Å². The zero-order chi connectivity index (χ0) is 15.9. The lowest BCUT2D eigenvalue weighted by molar-refractivity contribution is -0.142. The number of nitrogens with zero attached hydrogens (tertiary/aromatic N) is 1. The predicted molar refractivity (Wildman–Crippen MR) is 79.3 cm³/mol. The number of pyridine rings is 1. The van der Waals surface area contributed by atoms with Crippen LogP contribution in [-0.4, -0.2) is 35.1 Å². The molecule has 2 aromatic rings. The topological polar surface area (TPSA) is 88.5 Å². The first kappa shape index (κ1) is 15.5. The molecule has 1 aromatic heterocycles. The fourth-order valence-corrected chi connectivity index (χ4v) is 1.95. The normalized spacial score (nSPS) is 11.5. The van der Waals surface area contributed by atoms with Gasteiger partial charge in [-0.1, -0.05) is 12.1 Å². The molecule has 1 atom stereocenters. The number of nitrogens with one attached hydrogen (secondary N) is 1. The van der Waals surface area contributed by atoms with Gasteiger partial charge in [0.15, 0.2) is 0 Å². The number of hydrogen-bond acceptors (Lipinski definition) is 5. The quantitative estimate of drug-likeness (QED) is 0.813. The molecule has 22 heavy (non-hydrogen) atoms. The van der Waals surface area contributed by atoms with Crippen LogP contribution in [0, 0.1) is 0 Å². The fourth-order valence-electron chi connectivity index (χ4n) is 1.95. The molecule has 114 valence electrons. The second kappa shape index (κ2) is 7.21. The van der Waals surface area contributed by atoms with Gasteiger partial charge in [-0.25, -0.2) is 4.79 Å². The van der Waals surface area contributed by atoms with Crippen LogP contribution < -0.4 is 5.32 Å². The number of carbonyl (C=O) groups is 2. The lowest BCUT2D eigenvalue weighted by atomic mass is 10.1. The van der Waals surface area contributed by atoms with Crippen molar-refractivity contribution >= 4 is 11.9 Å². The SMILES string of the molecule is COC(=O)[C@H](Cc1ccc(O)cc1)NC(=O)c1ccncc1. The Morgan fingerprint density at radius 1 is 1.18 bits per heavy atom. The standard InChI is InChI=1S/C16H16N2O4/c1-22-16(21)14(10-11-2-4-13(19)5-3-11)18-15(20)12-6-8-17-9-7-12/h2-9,14,19H,10H2,1H3,(H,18,20)/t14-/m0/s1. The Morgan fingerprint density at radius 2 is 1.82 bits per heavy atom. The smallest absolute Gasteiger partial charge is 0.328 e. The van der Waals surface area contributed by atoms with E-state index in [4.69, 9.17) is 4.74 Å². The maximum Gasteiger partial charge on any atom is 0.328 e. The molecule has 0 unspecified atom stereocenters. The molecule has 0 spiro atoms. The number of rotatable bonds is 5. The van der Waals surface area contributed by atoms with Crippen molar-refractivity contribution in [1.29, 1.82) is 0 Å². The molecule has 6 nitrogen and oxygen atoms in total. The summed E-state index contributed by atoms with van der Waals surface area (Å²) in [6.07, 6.45) is 3.27. The van der Waals surface area contributed by atoms with E-state index in [-0.39, 0.29) is 18.1 Å². The van der Waals surface area contributed by atoms with Crippen LogP contribution in [0.3, 0.4) is 0 Å². The second-order valence-corrected chi connectivity index (χ2v) is 4.66. The van der Waals surface area contributed by atoms with Crippen molar-refractivity contribution in [3.05, 3.63) is 59.9 Å². The van der Waals surface area contributed by atoms with Gasteiger partial charge in [-0.3, -0.25) is 9.78 Å². The third-order valence-corrected chi connectivity index (χ3v) is 3.11. The number of esters is 1. The van der Waals surface area contributed by atoms with Crippen LogP contribution in [0.15, 0.2) is 48.8 Å². The van der Waals surface area contributed by atoms with Gasteiger partial charge in [0.25, 0.3) is 5.91 Å². The molecule has 2 rings (SSSR count). The van der Waals surface area contributed by atoms with Gasteiger partial charge in [0.05, 0.1) is 7.11 Å². The monoisotopic (exact) mass is 300 g/mol. The molecule has 1 heterocycles. The van der Waals surface area contributed by atoms with E-state index in [0.29, 0.717) is 5.56 Å². The zero-order valence-electron chi connectivity index (χ0n) is 12.0. The van der Waals surface area contributed by atoms with Crippen molar-refractivity contribution in [2.75, 3.05) is 7.11 Å². The van der Waals surface area contributed by atoms with E-state index >= 15 is 0 Å². The number of ether oxygens (including phenoxy) is 1. The first-order valence-corrected chi connectivity index (χ1v) is 6.67. The molecule has 2 N–H and O–H groups in total. The van der Waals surface area contributed by atoms with Crippen molar-refractivity contribution in [1.82, 2.24) is 10.3 Å². The molecule has 0 aliphatic carbocycles. The number of carbonyl (C=O) groups excluding carboxylic acids is 2. The van der Waals surface area contributed by atoms with Gasteiger partial charge in [-0.05, 0) is 29.8 Å². The number of hydrogen-bond donors (Lipinski definition) is 2. The van der Waals surface area contributed by atoms with Gasteiger partial charge in [0.2, 0.25) is 0 Å². The Labute approximate surface area is 127 Å². The largest absolute Gasteiger partial charge is 0.508 e. The molecule has 0 radical (unpaired) electrons. The van der Waals surface area contributed by atoms with Crippen molar-refractivity contribution < 1.29 is 19.4 Å². The minimum atomic E-state index is -0.810. The number of phenols is 1. The Morgan fingerprint density at radius 3 is 2.41 bits per heavy atom. The summed E-state index contributed by atoms with van der Waals surface area (Å²) in [5, 5.41) is 11.9. The van der Waals surface area contributed by atoms with Crippen molar-refractivity contribution in [3.8, 4) is 5.75 Å². The third-order valence-electron chi connectivity index (χ3n) is 3.11. The van der Waals surface area contributed by atoms with E-state index in [1.54, 1.807) is 24.3 Å². The Bertz CT molecular complexity index is 641. The van der Waals surface area contributed by atoms with Gasteiger partial charge < -0.3 is 15.2 Å². The average Bonchev–Trinajstić information content (AvgIpc) is 2.56. The number of aromatic hydroxyl groups is 1. The molecule has 0 fully saturated rings. The molecule has 6 heteroatoms. The van der Waals surface area contributed by atoms with E-state index < -0.39 is 12.0 Å². The van der Waals surface area contributed by atoms with Crippen LogP contribution in [0.2, 0.25) is 0 Å². The highest BCUT2D eigenvalue weighted by molar-refractivity contribution is 5.96. The van der Waals surface area contributed by atoms with E-state index in [2.05, 4.69) is 10.3 Å². The first-order valence-electron chi connectivity index (χ1n) is 6.67. The van der Waals surface area contributed by atoms with Gasteiger partial charge in [0, 0.05) is 24.4 Å². The number of phenolic OH excluding ortho intramolecular Hbond substituents is 1. The van der Waals surface area contributed by atoms with Crippen LogP contribution in [0.4, 0.5) is 0 Å². The van der Waals surface area contributed by atoms with E-state index in [1.165, 1.54) is 31.6 Å². The number of methoxy groups -OCH3 is 1. The highest BCUT2D eigenvalue weighted by atomic mass is 16.5. The Kier molecular flexibility index (Phi) is 5.08. The summed E-state index contributed by atoms with van der Waals surface area (Å²) < 4.78 is 4.73. The summed E-state index contributed by atoms with van der Waals surface area (Å²) in [7, 11) is 1.27. The summed E-state index contributed by atoms with van der Waals surface area (Å²) in [6.45, 7) is 0. The van der Waals surface area contributed by atoms with Crippen LogP contribution in [0.25, 0.3) is 0 Å². The van der Waals surface area contributed by atoms with Gasteiger partial charge in [-0.15, -0.1) is 0 Å². The molecular formula is C16H16N2O4. The minimum Gasteiger partial charge on any atom is -0.508 e. The third kappa shape index (κ3) is 4.05. The summed E-state index contributed by atoms with van der Waals surface area (Å²) in [5.74, 6) is -0.772. The van der Waals surface area contributed by atoms with Crippen molar-refractivity contribution in [3.63, 3.8) is 0 Å². The van der Waals surface area contributed by atoms with E-state index in [9.17, 15) is 14.7 Å². The summed E-state index contributed by atoms with van der Waals surface area (Å²) in [6, 6.07) is 8.72. The van der Waals surface area contributed by atoms with Crippen LogP contribution >= 0.6 is 0 Å². The lowest BCUT2D eigenvalue weighted by Gasteiger charge is -2.16. The van der Waals surface area contributed by atoms with Crippen LogP contribution in [0.5, 0.6) is 5.75 Å². The van der Waals surface area contributed by atoms with Crippen molar-refractivity contribution in [2.24, 2.45) is 0 Å². The maximum absolute atomic E-state index is 12.1. The van der Waals surface area contributed by atoms with E-state index in [0.717, 1.165) is 5.56 Å². The number of aromatic nitrogens is 1. The fraction of sp³-hybridized carbons (Fsp3) is 0.188. The highest BCUT2D eigenvalue weighted by Gasteiger charge is 2.22. The lowest BCUT2D eigenvalue weighted by Crippen LogP contribution is -2.43. The minimum absolute atomic E-state index is 0.138. The van der Waals surface area contributed by atoms with Gasteiger partial charge in [-0.2, -0.15) is 0 Å².